The van der Waals surface area contributed by atoms with Gasteiger partial charge in [0, 0.05) is 5.92 Å². The standard InChI is InChI=1S/C12H14N2O/c1-8(2)12(15)11-6-4-5-10-9(3)13-7-14(10)11/h4-8H,1-3H3. The summed E-state index contributed by atoms with van der Waals surface area (Å²) in [5.41, 5.74) is 2.66. The van der Waals surface area contributed by atoms with Crippen molar-refractivity contribution < 1.29 is 4.79 Å². The lowest BCUT2D eigenvalue weighted by Gasteiger charge is -2.06. The molecule has 0 unspecified atom stereocenters. The highest BCUT2D eigenvalue weighted by Gasteiger charge is 2.14. The summed E-state index contributed by atoms with van der Waals surface area (Å²) in [6.07, 6.45) is 1.71. The third-order valence-corrected chi connectivity index (χ3v) is 2.54. The lowest BCUT2D eigenvalue weighted by Crippen LogP contribution is -2.11. The van der Waals surface area contributed by atoms with Crippen LogP contribution in [0.4, 0.5) is 0 Å². The first-order chi connectivity index (χ1) is 7.11. The second kappa shape index (κ2) is 3.50. The third-order valence-electron chi connectivity index (χ3n) is 2.54. The van der Waals surface area contributed by atoms with Crippen LogP contribution in [0, 0.1) is 12.8 Å². The molecule has 2 aromatic rings. The van der Waals surface area contributed by atoms with Crippen molar-refractivity contribution in [1.29, 1.82) is 0 Å². The minimum atomic E-state index is 0.0123. The van der Waals surface area contributed by atoms with Crippen molar-refractivity contribution in [3.05, 3.63) is 35.9 Å². The maximum absolute atomic E-state index is 11.9. The summed E-state index contributed by atoms with van der Waals surface area (Å²) in [6.45, 7) is 5.76. The molecule has 0 aromatic carbocycles. The Morgan fingerprint density at radius 1 is 1.40 bits per heavy atom. The van der Waals surface area contributed by atoms with E-state index in [9.17, 15) is 4.79 Å². The Labute approximate surface area is 88.8 Å². The molecule has 2 rings (SSSR count). The summed E-state index contributed by atoms with van der Waals surface area (Å²) in [7, 11) is 0. The number of aromatic nitrogens is 2. The molecule has 3 heteroatoms. The van der Waals surface area contributed by atoms with Crippen molar-refractivity contribution in [1.82, 2.24) is 9.38 Å². The van der Waals surface area contributed by atoms with Gasteiger partial charge in [-0.1, -0.05) is 19.9 Å². The highest BCUT2D eigenvalue weighted by atomic mass is 16.1. The van der Waals surface area contributed by atoms with Gasteiger partial charge >= 0.3 is 0 Å². The van der Waals surface area contributed by atoms with Gasteiger partial charge in [-0.25, -0.2) is 4.98 Å². The van der Waals surface area contributed by atoms with Crippen LogP contribution in [0.25, 0.3) is 5.52 Å². The molecular weight excluding hydrogens is 188 g/mol. The number of Topliss-reactive ketones (excluding diaryl/α,β-unsaturated/α-hetero) is 1. The third kappa shape index (κ3) is 1.54. The zero-order valence-electron chi connectivity index (χ0n) is 9.19. The lowest BCUT2D eigenvalue weighted by molar-refractivity contribution is 0.0933. The zero-order valence-corrected chi connectivity index (χ0v) is 9.19. The number of nitrogens with zero attached hydrogens (tertiary/aromatic N) is 2. The number of hydrogen-bond donors (Lipinski definition) is 0. The molecule has 0 saturated carbocycles. The normalized spacial score (nSPS) is 11.2. The van der Waals surface area contributed by atoms with Gasteiger partial charge in [-0.2, -0.15) is 0 Å². The summed E-state index contributed by atoms with van der Waals surface area (Å²) in [5, 5.41) is 0. The zero-order chi connectivity index (χ0) is 11.0. The number of fused-ring (bicyclic) bond motifs is 1. The number of rotatable bonds is 2. The van der Waals surface area contributed by atoms with Crippen molar-refractivity contribution >= 4 is 11.3 Å². The Bertz CT molecular complexity index is 511. The van der Waals surface area contributed by atoms with E-state index in [1.165, 1.54) is 0 Å². The van der Waals surface area contributed by atoms with Gasteiger partial charge in [-0.15, -0.1) is 0 Å². The summed E-state index contributed by atoms with van der Waals surface area (Å²) in [4.78, 5) is 16.1. The molecule has 0 amide bonds. The number of carbonyl (C=O) groups excluding carboxylic acids is 1. The quantitative estimate of drug-likeness (QED) is 0.701. The van der Waals surface area contributed by atoms with E-state index >= 15 is 0 Å². The van der Waals surface area contributed by atoms with Gasteiger partial charge in [0.25, 0.3) is 0 Å². The molecule has 15 heavy (non-hydrogen) atoms. The summed E-state index contributed by atoms with van der Waals surface area (Å²) in [5.74, 6) is 0.163. The molecule has 0 atom stereocenters. The molecule has 0 aliphatic carbocycles. The predicted molar refractivity (Wildman–Crippen MR) is 59.1 cm³/mol. The first kappa shape index (κ1) is 9.90. The van der Waals surface area contributed by atoms with E-state index in [1.54, 1.807) is 6.33 Å². The number of aryl methyl sites for hydroxylation is 1. The summed E-state index contributed by atoms with van der Waals surface area (Å²) in [6, 6.07) is 5.72. The molecule has 0 aliphatic rings. The van der Waals surface area contributed by atoms with Crippen molar-refractivity contribution in [2.24, 2.45) is 5.92 Å². The Kier molecular flexibility index (Phi) is 2.31. The monoisotopic (exact) mass is 202 g/mol. The highest BCUT2D eigenvalue weighted by Crippen LogP contribution is 2.14. The van der Waals surface area contributed by atoms with Gasteiger partial charge in [0.15, 0.2) is 5.78 Å². The van der Waals surface area contributed by atoms with Crippen LogP contribution in [0.3, 0.4) is 0 Å². The number of imidazole rings is 1. The molecule has 0 aliphatic heterocycles. The van der Waals surface area contributed by atoms with Crippen LogP contribution in [0.5, 0.6) is 0 Å². The predicted octanol–water partition coefficient (Wildman–Crippen LogP) is 2.48. The number of ketones is 1. The Morgan fingerprint density at radius 3 is 2.80 bits per heavy atom. The van der Waals surface area contributed by atoms with Crippen molar-refractivity contribution in [3.63, 3.8) is 0 Å². The van der Waals surface area contributed by atoms with Crippen LogP contribution in [0.15, 0.2) is 24.5 Å². The fraction of sp³-hybridized carbons (Fsp3) is 0.333. The largest absolute Gasteiger partial charge is 0.296 e. The number of pyridine rings is 1. The molecule has 2 aromatic heterocycles. The molecule has 78 valence electrons. The smallest absolute Gasteiger partial charge is 0.182 e. The summed E-state index contributed by atoms with van der Waals surface area (Å²) < 4.78 is 1.86. The lowest BCUT2D eigenvalue weighted by atomic mass is 10.1. The minimum absolute atomic E-state index is 0.0123. The Balaban J connectivity index is 2.66. The molecule has 0 radical (unpaired) electrons. The highest BCUT2D eigenvalue weighted by molar-refractivity contribution is 5.96. The molecule has 0 spiro atoms. The summed E-state index contributed by atoms with van der Waals surface area (Å²) >= 11 is 0. The first-order valence-electron chi connectivity index (χ1n) is 5.08. The SMILES string of the molecule is Cc1ncn2c(C(=O)C(C)C)cccc12. The van der Waals surface area contributed by atoms with E-state index in [4.69, 9.17) is 0 Å². The second-order valence-corrected chi connectivity index (χ2v) is 4.02. The van der Waals surface area contributed by atoms with Crippen molar-refractivity contribution in [3.8, 4) is 0 Å². The maximum atomic E-state index is 11.9. The molecule has 0 bridgehead atoms. The van der Waals surface area contributed by atoms with Crippen LogP contribution in [0.1, 0.15) is 30.0 Å². The second-order valence-electron chi connectivity index (χ2n) is 4.02. The molecule has 0 N–H and O–H groups in total. The fourth-order valence-corrected chi connectivity index (χ4v) is 1.65. The van der Waals surface area contributed by atoms with Gasteiger partial charge < -0.3 is 0 Å². The maximum Gasteiger partial charge on any atom is 0.182 e. The van der Waals surface area contributed by atoms with E-state index in [2.05, 4.69) is 4.98 Å². The van der Waals surface area contributed by atoms with Crippen molar-refractivity contribution in [2.75, 3.05) is 0 Å². The fourth-order valence-electron chi connectivity index (χ4n) is 1.65. The van der Waals surface area contributed by atoms with Gasteiger partial charge in [0.2, 0.25) is 0 Å². The van der Waals surface area contributed by atoms with Gasteiger partial charge in [-0.05, 0) is 19.1 Å². The number of hydrogen-bond acceptors (Lipinski definition) is 2. The van der Waals surface area contributed by atoms with E-state index in [0.29, 0.717) is 5.69 Å². The van der Waals surface area contributed by atoms with E-state index < -0.39 is 0 Å². The van der Waals surface area contributed by atoms with E-state index in [0.717, 1.165) is 11.2 Å². The Morgan fingerprint density at radius 2 is 2.13 bits per heavy atom. The van der Waals surface area contributed by atoms with Crippen LogP contribution in [-0.2, 0) is 0 Å². The molecule has 0 saturated heterocycles. The van der Waals surface area contributed by atoms with Crippen LogP contribution in [0.2, 0.25) is 0 Å². The molecule has 0 fully saturated rings. The average Bonchev–Trinajstić information content (AvgIpc) is 2.59. The number of carbonyl (C=O) groups is 1. The van der Waals surface area contributed by atoms with Crippen LogP contribution < -0.4 is 0 Å². The van der Waals surface area contributed by atoms with Crippen LogP contribution >= 0.6 is 0 Å². The minimum Gasteiger partial charge on any atom is -0.296 e. The Hall–Kier alpha value is -1.64. The van der Waals surface area contributed by atoms with E-state index in [1.807, 2.05) is 43.4 Å². The molecule has 3 nitrogen and oxygen atoms in total. The van der Waals surface area contributed by atoms with Crippen molar-refractivity contribution in [2.45, 2.75) is 20.8 Å². The molecule has 2 heterocycles. The van der Waals surface area contributed by atoms with Gasteiger partial charge in [0.1, 0.15) is 6.33 Å². The molecular formula is C12H14N2O. The van der Waals surface area contributed by atoms with E-state index in [-0.39, 0.29) is 11.7 Å². The van der Waals surface area contributed by atoms with Crippen LogP contribution in [-0.4, -0.2) is 15.2 Å². The average molecular weight is 202 g/mol. The van der Waals surface area contributed by atoms with Gasteiger partial charge in [0.05, 0.1) is 16.9 Å². The first-order valence-corrected chi connectivity index (χ1v) is 5.08. The topological polar surface area (TPSA) is 34.4 Å². The van der Waals surface area contributed by atoms with Gasteiger partial charge in [-0.3, -0.25) is 9.20 Å².